The molecular formula is C14H14FNO2. The molecule has 0 spiro atoms. The number of hydrogen-bond acceptors (Lipinski definition) is 2. The Morgan fingerprint density at radius 2 is 2.11 bits per heavy atom. The van der Waals surface area contributed by atoms with Gasteiger partial charge in [0.15, 0.2) is 0 Å². The molecule has 1 aromatic carbocycles. The molecule has 2 rings (SSSR count). The van der Waals surface area contributed by atoms with E-state index in [0.717, 1.165) is 5.69 Å². The number of carboxylic acids is 1. The molecule has 2 aromatic rings. The lowest BCUT2D eigenvalue weighted by atomic mass is 10.0. The summed E-state index contributed by atoms with van der Waals surface area (Å²) in [5.41, 5.74) is 2.07. The fourth-order valence-corrected chi connectivity index (χ4v) is 1.90. The van der Waals surface area contributed by atoms with Gasteiger partial charge >= 0.3 is 5.97 Å². The van der Waals surface area contributed by atoms with Gasteiger partial charge in [0, 0.05) is 11.1 Å². The molecule has 1 heterocycles. The molecule has 0 radical (unpaired) electrons. The zero-order valence-electron chi connectivity index (χ0n) is 10.3. The van der Waals surface area contributed by atoms with E-state index in [2.05, 4.69) is 4.98 Å². The van der Waals surface area contributed by atoms with Crippen molar-refractivity contribution in [3.8, 4) is 0 Å². The zero-order valence-corrected chi connectivity index (χ0v) is 10.3. The van der Waals surface area contributed by atoms with Crippen molar-refractivity contribution in [3.05, 3.63) is 41.3 Å². The first-order chi connectivity index (χ1) is 8.47. The lowest BCUT2D eigenvalue weighted by Crippen LogP contribution is -2.04. The van der Waals surface area contributed by atoms with Crippen molar-refractivity contribution in [2.75, 3.05) is 0 Å². The largest absolute Gasteiger partial charge is 0.481 e. The minimum Gasteiger partial charge on any atom is -0.481 e. The van der Waals surface area contributed by atoms with Gasteiger partial charge in [0.25, 0.3) is 0 Å². The van der Waals surface area contributed by atoms with Crippen LogP contribution in [-0.2, 0) is 11.2 Å². The van der Waals surface area contributed by atoms with Gasteiger partial charge in [-0.15, -0.1) is 0 Å². The van der Waals surface area contributed by atoms with Crippen LogP contribution in [0, 0.1) is 5.82 Å². The first-order valence-corrected chi connectivity index (χ1v) is 5.78. The topological polar surface area (TPSA) is 50.2 Å². The highest BCUT2D eigenvalue weighted by molar-refractivity contribution is 5.86. The van der Waals surface area contributed by atoms with Crippen LogP contribution in [0.15, 0.2) is 24.3 Å². The Balaban J connectivity index is 2.68. The minimum absolute atomic E-state index is 0.123. The van der Waals surface area contributed by atoms with Gasteiger partial charge in [-0.2, -0.15) is 0 Å². The maximum atomic E-state index is 13.2. The van der Waals surface area contributed by atoms with Crippen molar-refractivity contribution in [1.29, 1.82) is 0 Å². The van der Waals surface area contributed by atoms with Gasteiger partial charge < -0.3 is 5.11 Å². The number of aromatic nitrogens is 1. The number of halogens is 1. The van der Waals surface area contributed by atoms with E-state index in [1.165, 1.54) is 12.1 Å². The summed E-state index contributed by atoms with van der Waals surface area (Å²) in [6, 6.07) is 6.01. The SMILES string of the molecule is CC(C)c1cc(CC(=O)O)c2cc(F)ccc2n1. The van der Waals surface area contributed by atoms with E-state index in [4.69, 9.17) is 5.11 Å². The highest BCUT2D eigenvalue weighted by Gasteiger charge is 2.11. The van der Waals surface area contributed by atoms with Gasteiger partial charge in [-0.3, -0.25) is 9.78 Å². The lowest BCUT2D eigenvalue weighted by molar-refractivity contribution is -0.136. The Morgan fingerprint density at radius 1 is 1.39 bits per heavy atom. The number of aliphatic carboxylic acids is 1. The number of benzene rings is 1. The average Bonchev–Trinajstić information content (AvgIpc) is 2.28. The zero-order chi connectivity index (χ0) is 13.3. The van der Waals surface area contributed by atoms with Crippen LogP contribution in [-0.4, -0.2) is 16.1 Å². The van der Waals surface area contributed by atoms with Crippen molar-refractivity contribution >= 4 is 16.9 Å². The van der Waals surface area contributed by atoms with Gasteiger partial charge in [-0.1, -0.05) is 13.8 Å². The number of hydrogen-bond donors (Lipinski definition) is 1. The number of fused-ring (bicyclic) bond motifs is 1. The molecule has 94 valence electrons. The number of carbonyl (C=O) groups is 1. The molecule has 0 saturated carbocycles. The summed E-state index contributed by atoms with van der Waals surface area (Å²) in [5.74, 6) is -1.11. The lowest BCUT2D eigenvalue weighted by Gasteiger charge is -2.10. The molecule has 1 N–H and O–H groups in total. The fraction of sp³-hybridized carbons (Fsp3) is 0.286. The van der Waals surface area contributed by atoms with E-state index < -0.39 is 5.97 Å². The van der Waals surface area contributed by atoms with Gasteiger partial charge in [0.1, 0.15) is 5.82 Å². The molecule has 0 unspecified atom stereocenters. The van der Waals surface area contributed by atoms with E-state index in [1.807, 2.05) is 13.8 Å². The molecule has 18 heavy (non-hydrogen) atoms. The van der Waals surface area contributed by atoms with Crippen LogP contribution in [0.2, 0.25) is 0 Å². The number of carboxylic acid groups (broad SMARTS) is 1. The second-order valence-corrected chi connectivity index (χ2v) is 4.59. The number of rotatable bonds is 3. The Morgan fingerprint density at radius 3 is 2.72 bits per heavy atom. The van der Waals surface area contributed by atoms with Crippen LogP contribution in [0.1, 0.15) is 31.0 Å². The van der Waals surface area contributed by atoms with E-state index in [9.17, 15) is 9.18 Å². The van der Waals surface area contributed by atoms with Crippen molar-refractivity contribution < 1.29 is 14.3 Å². The quantitative estimate of drug-likeness (QED) is 0.906. The van der Waals surface area contributed by atoms with Crippen molar-refractivity contribution in [3.63, 3.8) is 0 Å². The summed E-state index contributed by atoms with van der Waals surface area (Å²) in [6.07, 6.45) is -0.123. The summed E-state index contributed by atoms with van der Waals surface area (Å²) >= 11 is 0. The predicted molar refractivity (Wildman–Crippen MR) is 67.1 cm³/mol. The third kappa shape index (κ3) is 2.47. The predicted octanol–water partition coefficient (Wildman–Crippen LogP) is 3.12. The molecule has 0 fully saturated rings. The van der Waals surface area contributed by atoms with E-state index >= 15 is 0 Å². The third-order valence-electron chi connectivity index (χ3n) is 2.81. The van der Waals surface area contributed by atoms with Crippen molar-refractivity contribution in [1.82, 2.24) is 4.98 Å². The van der Waals surface area contributed by atoms with Crippen LogP contribution < -0.4 is 0 Å². The second-order valence-electron chi connectivity index (χ2n) is 4.59. The van der Waals surface area contributed by atoms with Crippen molar-refractivity contribution in [2.45, 2.75) is 26.2 Å². The van der Waals surface area contributed by atoms with Gasteiger partial charge in [-0.25, -0.2) is 4.39 Å². The molecule has 3 nitrogen and oxygen atoms in total. The summed E-state index contributed by atoms with van der Waals surface area (Å²) in [5, 5.41) is 9.48. The van der Waals surface area contributed by atoms with Gasteiger partial charge in [-0.05, 0) is 35.7 Å². The first-order valence-electron chi connectivity index (χ1n) is 5.78. The summed E-state index contributed by atoms with van der Waals surface area (Å²) in [6.45, 7) is 3.98. The highest BCUT2D eigenvalue weighted by Crippen LogP contribution is 2.23. The number of nitrogens with zero attached hydrogens (tertiary/aromatic N) is 1. The Hall–Kier alpha value is -1.97. The van der Waals surface area contributed by atoms with Crippen LogP contribution in [0.25, 0.3) is 10.9 Å². The van der Waals surface area contributed by atoms with E-state index in [1.54, 1.807) is 12.1 Å². The first kappa shape index (κ1) is 12.5. The molecule has 0 saturated heterocycles. The monoisotopic (exact) mass is 247 g/mol. The summed E-state index contributed by atoms with van der Waals surface area (Å²) in [4.78, 5) is 15.3. The minimum atomic E-state index is -0.929. The van der Waals surface area contributed by atoms with Crippen LogP contribution in [0.3, 0.4) is 0 Å². The molecule has 0 aliphatic carbocycles. The Labute approximate surface area is 104 Å². The molecule has 0 amide bonds. The Bertz CT molecular complexity index is 608. The van der Waals surface area contributed by atoms with E-state index in [-0.39, 0.29) is 18.2 Å². The van der Waals surface area contributed by atoms with E-state index in [0.29, 0.717) is 16.5 Å². The standard InChI is InChI=1S/C14H14FNO2/c1-8(2)13-5-9(6-14(17)18)11-7-10(15)3-4-12(11)16-13/h3-5,7-8H,6H2,1-2H3,(H,17,18). The Kier molecular flexibility index (Phi) is 3.28. The molecule has 0 aliphatic heterocycles. The smallest absolute Gasteiger partial charge is 0.307 e. The molecule has 0 atom stereocenters. The normalized spacial score (nSPS) is 11.1. The number of pyridine rings is 1. The van der Waals surface area contributed by atoms with Crippen molar-refractivity contribution in [2.24, 2.45) is 0 Å². The maximum Gasteiger partial charge on any atom is 0.307 e. The van der Waals surface area contributed by atoms with Crippen LogP contribution in [0.4, 0.5) is 4.39 Å². The maximum absolute atomic E-state index is 13.2. The summed E-state index contributed by atoms with van der Waals surface area (Å²) in [7, 11) is 0. The second kappa shape index (κ2) is 4.72. The highest BCUT2D eigenvalue weighted by atomic mass is 19.1. The van der Waals surface area contributed by atoms with Gasteiger partial charge in [0.05, 0.1) is 11.9 Å². The molecule has 0 aliphatic rings. The average molecular weight is 247 g/mol. The molecule has 4 heteroatoms. The van der Waals surface area contributed by atoms with Crippen LogP contribution in [0.5, 0.6) is 0 Å². The van der Waals surface area contributed by atoms with Gasteiger partial charge in [0.2, 0.25) is 0 Å². The molecular weight excluding hydrogens is 233 g/mol. The third-order valence-corrected chi connectivity index (χ3v) is 2.81. The molecule has 1 aromatic heterocycles. The molecule has 0 bridgehead atoms. The summed E-state index contributed by atoms with van der Waals surface area (Å²) < 4.78 is 13.2. The fourth-order valence-electron chi connectivity index (χ4n) is 1.90. The van der Waals surface area contributed by atoms with Crippen LogP contribution >= 0.6 is 0 Å².